The van der Waals surface area contributed by atoms with Crippen LogP contribution in [0.1, 0.15) is 13.3 Å². The van der Waals surface area contributed by atoms with Crippen LogP contribution in [0, 0.1) is 0 Å². The normalized spacial score (nSPS) is 10.7. The largest absolute Gasteiger partial charge is 0.309 e. The fourth-order valence-electron chi connectivity index (χ4n) is 1.53. The Kier molecular flexibility index (Phi) is 7.84. The van der Waals surface area contributed by atoms with E-state index < -0.39 is 0 Å². The van der Waals surface area contributed by atoms with Gasteiger partial charge in [0.1, 0.15) is 0 Å². The molecule has 0 fully saturated rings. The Balaban J connectivity index is 2.49. The van der Waals surface area contributed by atoms with Crippen molar-refractivity contribution in [2.24, 2.45) is 9.81 Å². The fraction of sp³-hybridized carbons (Fsp3) is 0.133. The first-order valence-corrected chi connectivity index (χ1v) is 6.47. The van der Waals surface area contributed by atoms with E-state index in [0.717, 1.165) is 11.9 Å². The van der Waals surface area contributed by atoms with Gasteiger partial charge in [-0.2, -0.15) is 0 Å². The molecule has 4 heteroatoms. The summed E-state index contributed by atoms with van der Waals surface area (Å²) in [6.07, 6.45) is 8.82. The minimum atomic E-state index is 0.608. The van der Waals surface area contributed by atoms with Crippen molar-refractivity contribution < 1.29 is 0 Å². The first-order valence-electron chi connectivity index (χ1n) is 6.47. The summed E-state index contributed by atoms with van der Waals surface area (Å²) in [7, 11) is 1.23. The summed E-state index contributed by atoms with van der Waals surface area (Å²) in [6, 6.07) is 12.8. The van der Waals surface area contributed by atoms with Crippen LogP contribution in [0.25, 0.3) is 0 Å². The van der Waals surface area contributed by atoms with Gasteiger partial charge in [-0.25, -0.2) is 0 Å². The van der Waals surface area contributed by atoms with Crippen LogP contribution in [-0.4, -0.2) is 20.8 Å². The molecule has 0 unspecified atom stereocenters. The highest BCUT2D eigenvalue weighted by Crippen LogP contribution is 1.97. The standard InChI is InChI=1S/C15H18B2N2/c1-3-5-10-14(9-4-2)16-18-13-19-17-15-11-7-6-8-12-15/h3,5-12,16-17H,1,4H2,2H3/b10-5-,14-9+. The molecule has 0 saturated carbocycles. The van der Waals surface area contributed by atoms with Gasteiger partial charge in [0.15, 0.2) is 0 Å². The Morgan fingerprint density at radius 2 is 2.11 bits per heavy atom. The topological polar surface area (TPSA) is 24.7 Å². The lowest BCUT2D eigenvalue weighted by Crippen LogP contribution is -2.10. The Morgan fingerprint density at radius 1 is 1.32 bits per heavy atom. The molecule has 0 aromatic heterocycles. The van der Waals surface area contributed by atoms with E-state index in [1.54, 1.807) is 6.08 Å². The Bertz CT molecular complexity index is 498. The van der Waals surface area contributed by atoms with Crippen LogP contribution in [-0.2, 0) is 0 Å². The van der Waals surface area contributed by atoms with Crippen LogP contribution < -0.4 is 5.46 Å². The molecule has 1 aromatic rings. The second kappa shape index (κ2) is 9.93. The highest BCUT2D eigenvalue weighted by molar-refractivity contribution is 6.52. The van der Waals surface area contributed by atoms with Gasteiger partial charge < -0.3 is 0 Å². The van der Waals surface area contributed by atoms with Gasteiger partial charge in [0.05, 0.1) is 6.01 Å². The van der Waals surface area contributed by atoms with Crippen molar-refractivity contribution in [3.05, 3.63) is 66.7 Å². The lowest BCUT2D eigenvalue weighted by molar-refractivity contribution is 1.22. The third kappa shape index (κ3) is 7.07. The molecule has 1 aromatic carbocycles. The van der Waals surface area contributed by atoms with Crippen LogP contribution in [0.4, 0.5) is 0 Å². The van der Waals surface area contributed by atoms with Crippen LogP contribution in [0.5, 0.6) is 0 Å². The zero-order valence-electron chi connectivity index (χ0n) is 11.4. The quantitative estimate of drug-likeness (QED) is 0.401. The lowest BCUT2D eigenvalue weighted by Gasteiger charge is -1.92. The highest BCUT2D eigenvalue weighted by atomic mass is 14.7. The van der Waals surface area contributed by atoms with Crippen LogP contribution in [0.15, 0.2) is 76.5 Å². The molecule has 0 N–H and O–H groups in total. The maximum atomic E-state index is 4.19. The maximum Gasteiger partial charge on any atom is 0.309 e. The van der Waals surface area contributed by atoms with Gasteiger partial charge in [0, 0.05) is 0 Å². The molecule has 0 aliphatic carbocycles. The number of allylic oxidation sites excluding steroid dienone is 5. The number of hydrogen-bond acceptors (Lipinski definition) is 2. The van der Waals surface area contributed by atoms with Crippen molar-refractivity contribution in [3.8, 4) is 0 Å². The average molecular weight is 248 g/mol. The van der Waals surface area contributed by atoms with E-state index in [9.17, 15) is 0 Å². The molecule has 0 aliphatic rings. The highest BCUT2D eigenvalue weighted by Gasteiger charge is 1.92. The van der Waals surface area contributed by atoms with Crippen molar-refractivity contribution in [2.45, 2.75) is 13.3 Å². The average Bonchev–Trinajstić information content (AvgIpc) is 2.45. The maximum absolute atomic E-state index is 4.19. The SMILES string of the molecule is C=C/C=C\C(BN=C=NBc1ccccc1)=C/CC. The molecule has 0 spiro atoms. The lowest BCUT2D eigenvalue weighted by atomic mass is 9.82. The zero-order valence-corrected chi connectivity index (χ0v) is 11.4. The molecule has 0 radical (unpaired) electrons. The summed E-state index contributed by atoms with van der Waals surface area (Å²) < 4.78 is 0. The fourth-order valence-corrected chi connectivity index (χ4v) is 1.53. The predicted molar refractivity (Wildman–Crippen MR) is 87.9 cm³/mol. The van der Waals surface area contributed by atoms with Crippen molar-refractivity contribution in [1.82, 2.24) is 0 Å². The molecule has 0 saturated heterocycles. The molecule has 0 bridgehead atoms. The second-order valence-electron chi connectivity index (χ2n) is 4.00. The van der Waals surface area contributed by atoms with Gasteiger partial charge in [-0.1, -0.05) is 79.1 Å². The van der Waals surface area contributed by atoms with Gasteiger partial charge in [0.25, 0.3) is 0 Å². The van der Waals surface area contributed by atoms with Crippen LogP contribution >= 0.6 is 0 Å². The third-order valence-corrected chi connectivity index (χ3v) is 2.42. The third-order valence-electron chi connectivity index (χ3n) is 2.42. The summed E-state index contributed by atoms with van der Waals surface area (Å²) in [4.78, 5) is 8.35. The number of hydrogen-bond donors (Lipinski definition) is 0. The van der Waals surface area contributed by atoms with Crippen molar-refractivity contribution >= 4 is 26.3 Å². The van der Waals surface area contributed by atoms with E-state index in [4.69, 9.17) is 0 Å². The predicted octanol–water partition coefficient (Wildman–Crippen LogP) is 2.22. The van der Waals surface area contributed by atoms with Crippen LogP contribution in [0.3, 0.4) is 0 Å². The van der Waals surface area contributed by atoms with E-state index in [0.29, 0.717) is 14.8 Å². The van der Waals surface area contributed by atoms with Crippen molar-refractivity contribution in [2.75, 3.05) is 0 Å². The smallest absolute Gasteiger partial charge is 0.287 e. The van der Waals surface area contributed by atoms with Gasteiger partial charge >= 0.3 is 14.8 Å². The van der Waals surface area contributed by atoms with E-state index >= 15 is 0 Å². The minimum Gasteiger partial charge on any atom is -0.287 e. The first-order chi connectivity index (χ1) is 9.36. The first kappa shape index (κ1) is 15.0. The van der Waals surface area contributed by atoms with Crippen molar-refractivity contribution in [3.63, 3.8) is 0 Å². The van der Waals surface area contributed by atoms with Crippen molar-refractivity contribution in [1.29, 1.82) is 0 Å². The molecule has 0 amide bonds. The Morgan fingerprint density at radius 3 is 2.79 bits per heavy atom. The minimum absolute atomic E-state index is 0.608. The number of benzene rings is 1. The van der Waals surface area contributed by atoms with Gasteiger partial charge in [-0.3, -0.25) is 9.81 Å². The van der Waals surface area contributed by atoms with E-state index in [1.807, 2.05) is 42.5 Å². The molecule has 1 rings (SSSR count). The summed E-state index contributed by atoms with van der Waals surface area (Å²) in [6.45, 7) is 5.76. The van der Waals surface area contributed by atoms with Gasteiger partial charge in [0.2, 0.25) is 0 Å². The molecule has 19 heavy (non-hydrogen) atoms. The Hall–Kier alpha value is -2.05. The molecule has 94 valence electrons. The zero-order chi connectivity index (χ0) is 13.8. The molecule has 2 nitrogen and oxygen atoms in total. The molecule has 0 heterocycles. The van der Waals surface area contributed by atoms with Gasteiger partial charge in [-0.15, -0.1) is 0 Å². The summed E-state index contributed by atoms with van der Waals surface area (Å²) in [5, 5.41) is 0. The molecule has 0 aliphatic heterocycles. The van der Waals surface area contributed by atoms with E-state index in [2.05, 4.69) is 35.4 Å². The van der Waals surface area contributed by atoms with Gasteiger partial charge in [-0.05, 0) is 6.42 Å². The van der Waals surface area contributed by atoms with Crippen LogP contribution in [0.2, 0.25) is 0 Å². The summed E-state index contributed by atoms with van der Waals surface area (Å²) in [5.41, 5.74) is 2.32. The second-order valence-corrected chi connectivity index (χ2v) is 4.00. The number of nitrogens with zero attached hydrogens (tertiary/aromatic N) is 2. The summed E-state index contributed by atoms with van der Waals surface area (Å²) >= 11 is 0. The molecule has 0 atom stereocenters. The van der Waals surface area contributed by atoms with E-state index in [1.165, 1.54) is 5.46 Å². The monoisotopic (exact) mass is 248 g/mol. The summed E-state index contributed by atoms with van der Waals surface area (Å²) in [5.74, 6) is 0. The Labute approximate surface area is 116 Å². The number of rotatable bonds is 7. The molecular formula is C15H18B2N2. The molecular weight excluding hydrogens is 230 g/mol. The van der Waals surface area contributed by atoms with E-state index in [-0.39, 0.29) is 0 Å².